The first-order valence-corrected chi connectivity index (χ1v) is 7.18. The van der Waals surface area contributed by atoms with E-state index in [0.717, 1.165) is 13.0 Å². The highest BCUT2D eigenvalue weighted by Crippen LogP contribution is 2.24. The van der Waals surface area contributed by atoms with E-state index in [-0.39, 0.29) is 24.0 Å². The average Bonchev–Trinajstić information content (AvgIpc) is 2.34. The highest BCUT2D eigenvalue weighted by Gasteiger charge is 2.34. The zero-order valence-corrected chi connectivity index (χ0v) is 12.4. The topological polar surface area (TPSA) is 60.9 Å². The van der Waals surface area contributed by atoms with E-state index in [1.807, 2.05) is 30.6 Å². The van der Waals surface area contributed by atoms with Gasteiger partial charge in [0.15, 0.2) is 0 Å². The number of aliphatic carboxylic acids is 1. The number of urea groups is 1. The summed E-state index contributed by atoms with van der Waals surface area (Å²) in [6.07, 6.45) is 2.05. The van der Waals surface area contributed by atoms with Gasteiger partial charge in [-0.3, -0.25) is 4.79 Å². The van der Waals surface area contributed by atoms with Gasteiger partial charge in [-0.2, -0.15) is 0 Å². The Balaban J connectivity index is 2.69. The Kier molecular flexibility index (Phi) is 5.63. The summed E-state index contributed by atoms with van der Waals surface area (Å²) in [5, 5.41) is 9.05. The fraction of sp³-hybridized carbons (Fsp3) is 0.857. The number of piperidine rings is 1. The molecule has 5 nitrogen and oxygen atoms in total. The smallest absolute Gasteiger partial charge is 0.320 e. The zero-order chi connectivity index (χ0) is 14.6. The number of carboxylic acid groups (broad SMARTS) is 1. The summed E-state index contributed by atoms with van der Waals surface area (Å²) in [6, 6.07) is 0.227. The van der Waals surface area contributed by atoms with Gasteiger partial charge in [-0.1, -0.05) is 6.92 Å². The average molecular weight is 270 g/mol. The minimum Gasteiger partial charge on any atom is -0.481 e. The van der Waals surface area contributed by atoms with E-state index in [9.17, 15) is 9.59 Å². The van der Waals surface area contributed by atoms with Crippen LogP contribution in [0.25, 0.3) is 0 Å². The lowest BCUT2D eigenvalue weighted by atomic mass is 9.92. The van der Waals surface area contributed by atoms with Crippen LogP contribution < -0.4 is 0 Å². The van der Waals surface area contributed by atoms with Crippen LogP contribution in [0.1, 0.15) is 47.0 Å². The largest absolute Gasteiger partial charge is 0.481 e. The molecule has 0 spiro atoms. The van der Waals surface area contributed by atoms with Crippen molar-refractivity contribution in [3.05, 3.63) is 0 Å². The number of nitrogens with zero attached hydrogens (tertiary/aromatic N) is 2. The highest BCUT2D eigenvalue weighted by atomic mass is 16.4. The van der Waals surface area contributed by atoms with Crippen molar-refractivity contribution < 1.29 is 14.7 Å². The molecule has 2 amide bonds. The van der Waals surface area contributed by atoms with Crippen LogP contribution in [0.5, 0.6) is 0 Å². The molecule has 0 saturated carbocycles. The molecule has 1 aliphatic heterocycles. The van der Waals surface area contributed by atoms with E-state index >= 15 is 0 Å². The molecule has 1 N–H and O–H groups in total. The molecule has 1 fully saturated rings. The third-order valence-corrected chi connectivity index (χ3v) is 3.80. The van der Waals surface area contributed by atoms with Gasteiger partial charge in [-0.05, 0) is 40.0 Å². The Morgan fingerprint density at radius 2 is 2.05 bits per heavy atom. The maximum Gasteiger partial charge on any atom is 0.320 e. The lowest BCUT2D eigenvalue weighted by Crippen LogP contribution is -2.53. The van der Waals surface area contributed by atoms with Gasteiger partial charge in [-0.15, -0.1) is 0 Å². The van der Waals surface area contributed by atoms with Crippen LogP contribution in [0.3, 0.4) is 0 Å². The Bertz CT molecular complexity index is 331. The molecule has 1 rings (SSSR count). The van der Waals surface area contributed by atoms with Gasteiger partial charge in [0.25, 0.3) is 0 Å². The van der Waals surface area contributed by atoms with Crippen molar-refractivity contribution in [3.8, 4) is 0 Å². The summed E-state index contributed by atoms with van der Waals surface area (Å²) in [6.45, 7) is 9.33. The standard InChI is InChI=1S/C14H26N2O3/c1-5-7-15(10(2)3)14(19)16-8-6-12(13(17)18)9-11(16)4/h10-12H,5-9H2,1-4H3,(H,17,18). The molecule has 2 unspecified atom stereocenters. The van der Waals surface area contributed by atoms with Crippen LogP contribution in [0.4, 0.5) is 4.79 Å². The normalized spacial score (nSPS) is 23.5. The molecule has 0 aromatic carbocycles. The van der Waals surface area contributed by atoms with Crippen molar-refractivity contribution in [2.45, 2.75) is 59.0 Å². The van der Waals surface area contributed by atoms with E-state index in [2.05, 4.69) is 6.92 Å². The summed E-state index contributed by atoms with van der Waals surface area (Å²) < 4.78 is 0. The number of amides is 2. The number of hydrogen-bond acceptors (Lipinski definition) is 2. The molecule has 0 radical (unpaired) electrons. The number of likely N-dealkylation sites (tertiary alicyclic amines) is 1. The first-order chi connectivity index (χ1) is 8.88. The highest BCUT2D eigenvalue weighted by molar-refractivity contribution is 5.76. The van der Waals surface area contributed by atoms with E-state index in [1.54, 1.807) is 0 Å². The molecule has 110 valence electrons. The number of carbonyl (C=O) groups is 2. The molecule has 1 heterocycles. The van der Waals surface area contributed by atoms with Crippen molar-refractivity contribution >= 4 is 12.0 Å². The predicted molar refractivity (Wildman–Crippen MR) is 74.1 cm³/mol. The predicted octanol–water partition coefficient (Wildman–Crippen LogP) is 2.41. The van der Waals surface area contributed by atoms with E-state index in [1.165, 1.54) is 0 Å². The molecular weight excluding hydrogens is 244 g/mol. The second kappa shape index (κ2) is 6.78. The lowest BCUT2D eigenvalue weighted by Gasteiger charge is -2.40. The van der Waals surface area contributed by atoms with Crippen molar-refractivity contribution in [1.29, 1.82) is 0 Å². The Morgan fingerprint density at radius 3 is 2.47 bits per heavy atom. The third-order valence-electron chi connectivity index (χ3n) is 3.80. The number of carbonyl (C=O) groups excluding carboxylic acids is 1. The van der Waals surface area contributed by atoms with Crippen molar-refractivity contribution in [1.82, 2.24) is 9.80 Å². The molecule has 1 saturated heterocycles. The third kappa shape index (κ3) is 3.85. The SMILES string of the molecule is CCCN(C(=O)N1CCC(C(=O)O)CC1C)C(C)C. The quantitative estimate of drug-likeness (QED) is 0.853. The van der Waals surface area contributed by atoms with Gasteiger partial charge in [-0.25, -0.2) is 4.79 Å². The molecule has 0 aromatic rings. The maximum atomic E-state index is 12.5. The summed E-state index contributed by atoms with van der Waals surface area (Å²) in [5.74, 6) is -1.05. The summed E-state index contributed by atoms with van der Waals surface area (Å²) in [7, 11) is 0. The lowest BCUT2D eigenvalue weighted by molar-refractivity contribution is -0.143. The van der Waals surface area contributed by atoms with Gasteiger partial charge < -0.3 is 14.9 Å². The van der Waals surface area contributed by atoms with E-state index in [4.69, 9.17) is 5.11 Å². The number of hydrogen-bond donors (Lipinski definition) is 1. The van der Waals surface area contributed by atoms with Gasteiger partial charge in [0.1, 0.15) is 0 Å². The molecule has 2 atom stereocenters. The van der Waals surface area contributed by atoms with Crippen molar-refractivity contribution in [2.24, 2.45) is 5.92 Å². The van der Waals surface area contributed by atoms with Crippen LogP contribution in [0.15, 0.2) is 0 Å². The van der Waals surface area contributed by atoms with Crippen LogP contribution in [0.2, 0.25) is 0 Å². The molecule has 19 heavy (non-hydrogen) atoms. The Labute approximate surface area is 115 Å². The number of carboxylic acids is 1. The Morgan fingerprint density at radius 1 is 1.42 bits per heavy atom. The first kappa shape index (κ1) is 15.8. The Hall–Kier alpha value is -1.26. The summed E-state index contributed by atoms with van der Waals surface area (Å²) in [4.78, 5) is 27.2. The van der Waals surface area contributed by atoms with E-state index in [0.29, 0.717) is 19.4 Å². The van der Waals surface area contributed by atoms with Gasteiger partial charge in [0.05, 0.1) is 5.92 Å². The monoisotopic (exact) mass is 270 g/mol. The van der Waals surface area contributed by atoms with Crippen LogP contribution in [-0.2, 0) is 4.79 Å². The minimum atomic E-state index is -0.742. The second-order valence-corrected chi connectivity index (χ2v) is 5.67. The minimum absolute atomic E-state index is 0.000422. The summed E-state index contributed by atoms with van der Waals surface area (Å²) >= 11 is 0. The molecule has 0 aliphatic carbocycles. The first-order valence-electron chi connectivity index (χ1n) is 7.18. The van der Waals surface area contributed by atoms with Gasteiger partial charge in [0.2, 0.25) is 0 Å². The van der Waals surface area contributed by atoms with Crippen molar-refractivity contribution in [3.63, 3.8) is 0 Å². The molecule has 5 heteroatoms. The molecule has 0 aromatic heterocycles. The maximum absolute atomic E-state index is 12.5. The summed E-state index contributed by atoms with van der Waals surface area (Å²) in [5.41, 5.74) is 0. The van der Waals surface area contributed by atoms with Crippen molar-refractivity contribution in [2.75, 3.05) is 13.1 Å². The van der Waals surface area contributed by atoms with Crippen LogP contribution >= 0.6 is 0 Å². The van der Waals surface area contributed by atoms with Gasteiger partial charge >= 0.3 is 12.0 Å². The van der Waals surface area contributed by atoms with Crippen LogP contribution in [-0.4, -0.2) is 52.1 Å². The molecule has 1 aliphatic rings. The number of rotatable bonds is 4. The van der Waals surface area contributed by atoms with Crippen LogP contribution in [0, 0.1) is 5.92 Å². The fourth-order valence-corrected chi connectivity index (χ4v) is 2.66. The van der Waals surface area contributed by atoms with Gasteiger partial charge in [0, 0.05) is 25.2 Å². The molecular formula is C14H26N2O3. The van der Waals surface area contributed by atoms with E-state index < -0.39 is 5.97 Å². The molecule has 0 bridgehead atoms. The fourth-order valence-electron chi connectivity index (χ4n) is 2.66. The second-order valence-electron chi connectivity index (χ2n) is 5.67. The zero-order valence-electron chi connectivity index (χ0n) is 12.4.